The highest BCUT2D eigenvalue weighted by Gasteiger charge is 2.35. The maximum atomic E-state index is 13.2. The van der Waals surface area contributed by atoms with Crippen LogP contribution in [-0.2, 0) is 14.3 Å². The number of nitrogens with zero attached hydrogens (tertiary/aromatic N) is 1. The topological polar surface area (TPSA) is 130 Å². The lowest BCUT2D eigenvalue weighted by Gasteiger charge is -2.35. The van der Waals surface area contributed by atoms with Crippen LogP contribution >= 0.6 is 0 Å². The first-order chi connectivity index (χ1) is 16.8. The van der Waals surface area contributed by atoms with Gasteiger partial charge in [-0.15, -0.1) is 0 Å². The summed E-state index contributed by atoms with van der Waals surface area (Å²) in [6, 6.07) is 5.74. The van der Waals surface area contributed by atoms with Gasteiger partial charge in [-0.1, -0.05) is 51.2 Å². The van der Waals surface area contributed by atoms with E-state index in [0.29, 0.717) is 32.2 Å². The van der Waals surface area contributed by atoms with Crippen LogP contribution in [0.25, 0.3) is 0 Å². The highest BCUT2D eigenvalue weighted by atomic mass is 16.5. The molecule has 0 aromatic heterocycles. The number of para-hydroxylation sites is 1. The first-order valence-electron chi connectivity index (χ1n) is 13.1. The minimum absolute atomic E-state index is 0.0922. The number of likely N-dealkylation sites (tertiary alicyclic amines) is 1. The Morgan fingerprint density at radius 1 is 1.03 bits per heavy atom. The number of esters is 1. The second-order valence-electron chi connectivity index (χ2n) is 9.49. The molecule has 0 bridgehead atoms. The predicted octanol–water partition coefficient (Wildman–Crippen LogP) is 4.07. The second-order valence-corrected chi connectivity index (χ2v) is 9.49. The van der Waals surface area contributed by atoms with Crippen molar-refractivity contribution in [2.24, 2.45) is 5.73 Å². The number of carbonyl (C=O) groups excluding carboxylic acids is 3. The second kappa shape index (κ2) is 15.4. The maximum Gasteiger partial charge on any atom is 0.329 e. The van der Waals surface area contributed by atoms with Crippen LogP contribution < -0.4 is 5.73 Å². The molecular weight excluding hydrogens is 448 g/mol. The van der Waals surface area contributed by atoms with Gasteiger partial charge in [0.05, 0.1) is 5.56 Å². The van der Waals surface area contributed by atoms with E-state index in [1.54, 1.807) is 23.1 Å². The van der Waals surface area contributed by atoms with E-state index in [-0.39, 0.29) is 29.3 Å². The molecule has 0 unspecified atom stereocenters. The van der Waals surface area contributed by atoms with Gasteiger partial charge in [-0.25, -0.2) is 4.79 Å². The van der Waals surface area contributed by atoms with Gasteiger partial charge < -0.3 is 25.6 Å². The lowest BCUT2D eigenvalue weighted by atomic mass is 9.99. The van der Waals surface area contributed by atoms with Crippen LogP contribution in [0.2, 0.25) is 0 Å². The fraction of sp³-hybridized carbons (Fsp3) is 0.667. The summed E-state index contributed by atoms with van der Waals surface area (Å²) in [5.74, 6) is -1.52. The summed E-state index contributed by atoms with van der Waals surface area (Å²) in [6.07, 6.45) is 9.25. The number of hydrogen-bond acceptors (Lipinski definition) is 6. The van der Waals surface area contributed by atoms with Crippen LogP contribution in [0.5, 0.6) is 5.75 Å². The lowest BCUT2D eigenvalue weighted by Crippen LogP contribution is -2.49. The Kier molecular flexibility index (Phi) is 12.6. The number of phenols is 1. The van der Waals surface area contributed by atoms with Crippen molar-refractivity contribution in [2.75, 3.05) is 6.54 Å². The number of aliphatic hydroxyl groups is 1. The van der Waals surface area contributed by atoms with Crippen LogP contribution in [0.15, 0.2) is 24.3 Å². The average Bonchev–Trinajstić information content (AvgIpc) is 2.85. The largest absolute Gasteiger partial charge is 0.507 e. The molecule has 1 fully saturated rings. The Bertz CT molecular complexity index is 815. The minimum atomic E-state index is -1.11. The van der Waals surface area contributed by atoms with E-state index in [9.17, 15) is 24.6 Å². The fourth-order valence-electron chi connectivity index (χ4n) is 4.56. The van der Waals surface area contributed by atoms with Crippen molar-refractivity contribution in [3.8, 4) is 5.75 Å². The fourth-order valence-corrected chi connectivity index (χ4v) is 4.56. The van der Waals surface area contributed by atoms with Crippen LogP contribution in [0.4, 0.5) is 0 Å². The number of hydrogen-bond donors (Lipinski definition) is 3. The summed E-state index contributed by atoms with van der Waals surface area (Å²) in [5.41, 5.74) is 5.29. The van der Waals surface area contributed by atoms with Crippen molar-refractivity contribution < 1.29 is 29.3 Å². The number of primary amides is 1. The van der Waals surface area contributed by atoms with E-state index in [0.717, 1.165) is 57.8 Å². The molecule has 8 nitrogen and oxygen atoms in total. The third kappa shape index (κ3) is 9.51. The van der Waals surface area contributed by atoms with Gasteiger partial charge in [-0.3, -0.25) is 9.59 Å². The molecule has 2 rings (SSSR count). The highest BCUT2D eigenvalue weighted by molar-refractivity contribution is 5.99. The summed E-state index contributed by atoms with van der Waals surface area (Å²) in [7, 11) is 0. The summed E-state index contributed by atoms with van der Waals surface area (Å²) in [5, 5.41) is 19.7. The first-order valence-corrected chi connectivity index (χ1v) is 13.1. The van der Waals surface area contributed by atoms with Gasteiger partial charge in [-0.05, 0) is 63.5 Å². The van der Waals surface area contributed by atoms with Crippen molar-refractivity contribution in [3.63, 3.8) is 0 Å². The zero-order chi connectivity index (χ0) is 25.6. The number of ether oxygens (including phenoxy) is 1. The lowest BCUT2D eigenvalue weighted by molar-refractivity contribution is -0.156. The number of piperidine rings is 1. The SMILES string of the molecule is CCCCCC[C@H](CCCCC[C@@H](O)C(N)=O)OC(=O)[C@@H]1CCCCN1C(=O)c1ccccc1O. The molecule has 2 amide bonds. The number of unbranched alkanes of at least 4 members (excludes halogenated alkanes) is 5. The normalized spacial score (nSPS) is 17.5. The monoisotopic (exact) mass is 490 g/mol. The van der Waals surface area contributed by atoms with Gasteiger partial charge in [0.15, 0.2) is 0 Å². The molecule has 0 saturated carbocycles. The standard InChI is InChI=1S/C27H42N2O6/c1-2-3-4-6-13-20(14-7-5-8-18-24(31)25(28)32)35-27(34)22-16-11-12-19-29(22)26(33)21-15-9-10-17-23(21)30/h9-10,15,17,20,22,24,30-31H,2-8,11-14,16,18-19H2,1H3,(H2,28,32)/t20-,22+,24-/m1/s1. The van der Waals surface area contributed by atoms with Crippen molar-refractivity contribution in [3.05, 3.63) is 29.8 Å². The molecule has 1 aromatic carbocycles. The van der Waals surface area contributed by atoms with E-state index in [2.05, 4.69) is 6.92 Å². The van der Waals surface area contributed by atoms with Crippen molar-refractivity contribution in [1.82, 2.24) is 4.90 Å². The highest BCUT2D eigenvalue weighted by Crippen LogP contribution is 2.26. The Labute approximate surface area is 208 Å². The van der Waals surface area contributed by atoms with Crippen molar-refractivity contribution >= 4 is 17.8 Å². The van der Waals surface area contributed by atoms with E-state index in [1.807, 2.05) is 0 Å². The molecule has 0 spiro atoms. The first kappa shape index (κ1) is 28.6. The number of aliphatic hydroxyl groups excluding tert-OH is 1. The van der Waals surface area contributed by atoms with E-state index in [1.165, 1.54) is 6.07 Å². The molecular formula is C27H42N2O6. The molecule has 8 heteroatoms. The van der Waals surface area contributed by atoms with Gasteiger partial charge >= 0.3 is 5.97 Å². The predicted molar refractivity (Wildman–Crippen MR) is 134 cm³/mol. The molecule has 0 radical (unpaired) electrons. The number of amides is 2. The van der Waals surface area contributed by atoms with Crippen LogP contribution in [-0.4, -0.2) is 57.7 Å². The van der Waals surface area contributed by atoms with Gasteiger partial charge in [0.1, 0.15) is 24.0 Å². The minimum Gasteiger partial charge on any atom is -0.507 e. The number of rotatable bonds is 15. The number of aromatic hydroxyl groups is 1. The molecule has 1 aliphatic heterocycles. The van der Waals surface area contributed by atoms with Crippen molar-refractivity contribution in [1.29, 1.82) is 0 Å². The molecule has 35 heavy (non-hydrogen) atoms. The van der Waals surface area contributed by atoms with Gasteiger partial charge in [0.25, 0.3) is 5.91 Å². The summed E-state index contributed by atoms with van der Waals surface area (Å²) >= 11 is 0. The third-order valence-electron chi connectivity index (χ3n) is 6.66. The van der Waals surface area contributed by atoms with Gasteiger partial charge in [0.2, 0.25) is 5.91 Å². The summed E-state index contributed by atoms with van der Waals surface area (Å²) < 4.78 is 5.96. The molecule has 4 N–H and O–H groups in total. The smallest absolute Gasteiger partial charge is 0.329 e. The van der Waals surface area contributed by atoms with E-state index >= 15 is 0 Å². The number of nitrogens with two attached hydrogens (primary N) is 1. The van der Waals surface area contributed by atoms with Crippen molar-refractivity contribution in [2.45, 2.75) is 109 Å². The summed E-state index contributed by atoms with van der Waals surface area (Å²) in [4.78, 5) is 38.8. The molecule has 3 atom stereocenters. The van der Waals surface area contributed by atoms with Gasteiger partial charge in [-0.2, -0.15) is 0 Å². The Morgan fingerprint density at radius 2 is 1.69 bits per heavy atom. The zero-order valence-corrected chi connectivity index (χ0v) is 21.0. The van der Waals surface area contributed by atoms with E-state index in [4.69, 9.17) is 10.5 Å². The number of carbonyl (C=O) groups is 3. The van der Waals surface area contributed by atoms with E-state index < -0.39 is 18.1 Å². The Hall–Kier alpha value is -2.61. The zero-order valence-electron chi connectivity index (χ0n) is 21.0. The molecule has 1 aliphatic rings. The Balaban J connectivity index is 1.97. The van der Waals surface area contributed by atoms with Gasteiger partial charge in [0, 0.05) is 6.54 Å². The van der Waals surface area contributed by atoms with Crippen LogP contribution in [0.3, 0.4) is 0 Å². The maximum absolute atomic E-state index is 13.2. The molecule has 0 aliphatic carbocycles. The van der Waals surface area contributed by atoms with Crippen LogP contribution in [0.1, 0.15) is 101 Å². The number of phenolic OH excluding ortho intramolecular Hbond substituents is 1. The average molecular weight is 491 g/mol. The molecule has 196 valence electrons. The molecule has 1 saturated heterocycles. The quantitative estimate of drug-likeness (QED) is 0.251. The Morgan fingerprint density at radius 3 is 2.34 bits per heavy atom. The summed E-state index contributed by atoms with van der Waals surface area (Å²) in [6.45, 7) is 2.60. The third-order valence-corrected chi connectivity index (χ3v) is 6.66. The van der Waals surface area contributed by atoms with Crippen LogP contribution in [0, 0.1) is 0 Å². The molecule has 1 aromatic rings. The molecule has 1 heterocycles. The number of benzene rings is 1.